The molecule has 2 aromatic rings. The molecule has 236 valence electrons. The normalized spacial score (nSPS) is 16.8. The van der Waals surface area contributed by atoms with Crippen LogP contribution in [0.25, 0.3) is 5.69 Å². The van der Waals surface area contributed by atoms with E-state index in [-0.39, 0.29) is 63.7 Å². The number of aliphatic carboxylic acids is 2. The molecule has 1 aromatic carbocycles. The summed E-state index contributed by atoms with van der Waals surface area (Å²) in [5.74, 6) is -4.06. The first-order chi connectivity index (χ1) is 21.1. The third-order valence-electron chi connectivity index (χ3n) is 7.25. The highest BCUT2D eigenvalue weighted by Crippen LogP contribution is 2.22. The summed E-state index contributed by atoms with van der Waals surface area (Å²) in [4.78, 5) is 78.0. The van der Waals surface area contributed by atoms with Crippen molar-refractivity contribution in [3.63, 3.8) is 0 Å². The van der Waals surface area contributed by atoms with E-state index >= 15 is 0 Å². The van der Waals surface area contributed by atoms with E-state index in [0.717, 1.165) is 0 Å². The van der Waals surface area contributed by atoms with E-state index in [1.165, 1.54) is 25.4 Å². The van der Waals surface area contributed by atoms with Gasteiger partial charge in [0.15, 0.2) is 12.3 Å². The Balaban J connectivity index is 1.48. The Morgan fingerprint density at radius 1 is 1.00 bits per heavy atom. The predicted molar refractivity (Wildman–Crippen MR) is 150 cm³/mol. The number of hydrogen-bond acceptors (Lipinski definition) is 9. The Hall–Kier alpha value is -5.15. The summed E-state index contributed by atoms with van der Waals surface area (Å²) in [5, 5.41) is 25.4. The van der Waals surface area contributed by atoms with Gasteiger partial charge in [-0.15, -0.1) is 0 Å². The Kier molecular flexibility index (Phi) is 10.4. The lowest BCUT2D eigenvalue weighted by atomic mass is 10.0. The highest BCUT2D eigenvalue weighted by Gasteiger charge is 2.38. The Labute approximate surface area is 252 Å². The fraction of sp³-hybridized carbons (Fsp3) is 0.464. The largest absolute Gasteiger partial charge is 0.481 e. The van der Waals surface area contributed by atoms with E-state index in [2.05, 4.69) is 10.4 Å². The first-order valence-electron chi connectivity index (χ1n) is 14.1. The molecule has 2 aliphatic heterocycles. The van der Waals surface area contributed by atoms with Crippen molar-refractivity contribution < 1.29 is 48.5 Å². The van der Waals surface area contributed by atoms with E-state index in [1.807, 2.05) is 0 Å². The molecule has 0 spiro atoms. The van der Waals surface area contributed by atoms with Crippen LogP contribution in [-0.4, -0.2) is 128 Å². The number of carbonyl (C=O) groups excluding carboxylic acids is 4. The summed E-state index contributed by atoms with van der Waals surface area (Å²) in [6.07, 6.45) is -0.718. The number of nitrogens with one attached hydrogen (secondary N) is 1. The lowest BCUT2D eigenvalue weighted by Gasteiger charge is -2.37. The lowest BCUT2D eigenvalue weighted by molar-refractivity contribution is -0.158. The molecule has 0 unspecified atom stereocenters. The average Bonchev–Trinajstić information content (AvgIpc) is 3.42. The number of aromatic nitrogens is 2. The van der Waals surface area contributed by atoms with Gasteiger partial charge >= 0.3 is 18.0 Å². The minimum Gasteiger partial charge on any atom is -0.481 e. The van der Waals surface area contributed by atoms with E-state index in [0.29, 0.717) is 12.1 Å². The number of benzene rings is 1. The number of likely N-dealkylation sites (tertiary alicyclic amines) is 1. The number of hydrogen-bond donors (Lipinski definition) is 3. The second-order valence-electron chi connectivity index (χ2n) is 10.1. The molecule has 0 radical (unpaired) electrons. The molecule has 0 saturated carbocycles. The second kappa shape index (κ2) is 14.3. The molecule has 3 heterocycles. The zero-order valence-electron chi connectivity index (χ0n) is 24.1. The Morgan fingerprint density at radius 2 is 1.68 bits per heavy atom. The van der Waals surface area contributed by atoms with Gasteiger partial charge in [-0.3, -0.25) is 19.2 Å². The standard InChI is InChI=1S/C28H34N6O10/c1-2-43-28(42)32-14-12-31(13-15-32)26(39)19(8-9-24(36)37)29-25(38)20-16-23(34(30-20)18-6-4-3-5-7-18)44-17-22(35)33-11-10-21(33)27(40)41/h3-7,16,19,21H,2,8-15,17H2,1H3,(H,29,38)(H,36,37)(H,40,41)/t19-,21-/m0/s1. The highest BCUT2D eigenvalue weighted by molar-refractivity contribution is 5.96. The topological polar surface area (TPSA) is 201 Å². The number of carboxylic acid groups (broad SMARTS) is 2. The minimum atomic E-state index is -1.19. The van der Waals surface area contributed by atoms with Crippen LogP contribution in [-0.2, 0) is 23.9 Å². The van der Waals surface area contributed by atoms with Crippen LogP contribution in [0.2, 0.25) is 0 Å². The van der Waals surface area contributed by atoms with Crippen LogP contribution in [0.1, 0.15) is 36.7 Å². The molecular formula is C28H34N6O10. The summed E-state index contributed by atoms with van der Waals surface area (Å²) in [6, 6.07) is 7.77. The highest BCUT2D eigenvalue weighted by atomic mass is 16.6. The van der Waals surface area contributed by atoms with Crippen LogP contribution in [0.5, 0.6) is 5.88 Å². The van der Waals surface area contributed by atoms with Crippen LogP contribution in [0.4, 0.5) is 4.79 Å². The SMILES string of the molecule is CCOC(=O)N1CCN(C(=O)[C@H](CCC(=O)O)NC(=O)c2cc(OCC(=O)N3CC[C@H]3C(=O)O)n(-c3ccccc3)n2)CC1. The van der Waals surface area contributed by atoms with Gasteiger partial charge in [0.2, 0.25) is 11.8 Å². The van der Waals surface area contributed by atoms with Gasteiger partial charge in [0.05, 0.1) is 12.3 Å². The third kappa shape index (κ3) is 7.62. The predicted octanol–water partition coefficient (Wildman–Crippen LogP) is 0.201. The first-order valence-corrected chi connectivity index (χ1v) is 14.1. The lowest BCUT2D eigenvalue weighted by Crippen LogP contribution is -2.56. The van der Waals surface area contributed by atoms with Gasteiger partial charge < -0.3 is 39.7 Å². The average molecular weight is 615 g/mol. The van der Waals surface area contributed by atoms with Crippen molar-refractivity contribution in [2.45, 2.75) is 38.3 Å². The van der Waals surface area contributed by atoms with Crippen molar-refractivity contribution in [3.05, 3.63) is 42.1 Å². The molecule has 2 atom stereocenters. The second-order valence-corrected chi connectivity index (χ2v) is 10.1. The van der Waals surface area contributed by atoms with Crippen LogP contribution in [0.15, 0.2) is 36.4 Å². The van der Waals surface area contributed by atoms with E-state index < -0.39 is 54.4 Å². The molecule has 2 fully saturated rings. The van der Waals surface area contributed by atoms with Crippen molar-refractivity contribution >= 4 is 35.8 Å². The van der Waals surface area contributed by atoms with E-state index in [4.69, 9.17) is 9.47 Å². The summed E-state index contributed by atoms with van der Waals surface area (Å²) in [6.45, 7) is 2.47. The zero-order chi connectivity index (χ0) is 31.8. The number of rotatable bonds is 12. The van der Waals surface area contributed by atoms with Gasteiger partial charge in [0.25, 0.3) is 11.8 Å². The monoisotopic (exact) mass is 614 g/mol. The number of carboxylic acids is 2. The molecular weight excluding hydrogens is 580 g/mol. The van der Waals surface area contributed by atoms with Crippen molar-refractivity contribution in [2.24, 2.45) is 0 Å². The van der Waals surface area contributed by atoms with Gasteiger partial charge in [-0.05, 0) is 31.9 Å². The molecule has 4 amide bonds. The number of nitrogens with zero attached hydrogens (tertiary/aromatic N) is 5. The molecule has 2 saturated heterocycles. The molecule has 0 aliphatic carbocycles. The fourth-order valence-electron chi connectivity index (χ4n) is 4.80. The number of piperazine rings is 1. The maximum absolute atomic E-state index is 13.4. The summed E-state index contributed by atoms with van der Waals surface area (Å²) in [5.41, 5.74) is 0.336. The summed E-state index contributed by atoms with van der Waals surface area (Å²) in [7, 11) is 0. The Bertz CT molecular complexity index is 1390. The van der Waals surface area contributed by atoms with Crippen molar-refractivity contribution in [1.29, 1.82) is 0 Å². The molecule has 0 bridgehead atoms. The molecule has 1 aromatic heterocycles. The smallest absolute Gasteiger partial charge is 0.409 e. The van der Waals surface area contributed by atoms with Crippen LogP contribution in [0.3, 0.4) is 0 Å². The van der Waals surface area contributed by atoms with Gasteiger partial charge in [0, 0.05) is 45.2 Å². The zero-order valence-corrected chi connectivity index (χ0v) is 24.1. The number of ether oxygens (including phenoxy) is 2. The van der Waals surface area contributed by atoms with E-state index in [1.54, 1.807) is 37.3 Å². The van der Waals surface area contributed by atoms with Gasteiger partial charge in [0.1, 0.15) is 12.1 Å². The molecule has 3 N–H and O–H groups in total. The van der Waals surface area contributed by atoms with Gasteiger partial charge in [-0.1, -0.05) is 18.2 Å². The minimum absolute atomic E-state index is 0.0191. The van der Waals surface area contributed by atoms with Crippen LogP contribution < -0.4 is 10.1 Å². The van der Waals surface area contributed by atoms with Gasteiger partial charge in [-0.2, -0.15) is 5.10 Å². The number of carbonyl (C=O) groups is 6. The fourth-order valence-corrected chi connectivity index (χ4v) is 4.80. The maximum Gasteiger partial charge on any atom is 0.409 e. The quantitative estimate of drug-likeness (QED) is 0.295. The third-order valence-corrected chi connectivity index (χ3v) is 7.25. The molecule has 16 nitrogen and oxygen atoms in total. The maximum atomic E-state index is 13.4. The van der Waals surface area contributed by atoms with Crippen molar-refractivity contribution in [1.82, 2.24) is 29.8 Å². The van der Waals surface area contributed by atoms with Crippen molar-refractivity contribution in [3.8, 4) is 11.6 Å². The molecule has 16 heteroatoms. The first kappa shape index (κ1) is 31.8. The summed E-state index contributed by atoms with van der Waals surface area (Å²) < 4.78 is 12.0. The van der Waals surface area contributed by atoms with Crippen LogP contribution >= 0.6 is 0 Å². The Morgan fingerprint density at radius 3 is 2.27 bits per heavy atom. The van der Waals surface area contributed by atoms with Crippen molar-refractivity contribution in [2.75, 3.05) is 45.9 Å². The molecule has 44 heavy (non-hydrogen) atoms. The molecule has 2 aliphatic rings. The van der Waals surface area contributed by atoms with Gasteiger partial charge in [-0.25, -0.2) is 14.3 Å². The summed E-state index contributed by atoms with van der Waals surface area (Å²) >= 11 is 0. The number of amides is 4. The number of para-hydroxylation sites is 1. The molecule has 4 rings (SSSR count). The van der Waals surface area contributed by atoms with Crippen LogP contribution in [0, 0.1) is 0 Å². The van der Waals surface area contributed by atoms with E-state index in [9.17, 15) is 39.0 Å².